The van der Waals surface area contributed by atoms with Gasteiger partial charge >= 0.3 is 5.97 Å². The van der Waals surface area contributed by atoms with E-state index in [9.17, 15) is 9.59 Å². The SMILES string of the molecule is COC(=O)c1ccc(OC(C)C)c(NC(=O)CCC2CCNCC2)c1.Cl. The van der Waals surface area contributed by atoms with Crippen LogP contribution in [0.1, 0.15) is 49.9 Å². The zero-order chi connectivity index (χ0) is 18.2. The molecule has 1 aromatic carbocycles. The zero-order valence-corrected chi connectivity index (χ0v) is 16.5. The summed E-state index contributed by atoms with van der Waals surface area (Å²) in [5.41, 5.74) is 0.888. The molecule has 0 saturated carbocycles. The van der Waals surface area contributed by atoms with Crippen molar-refractivity contribution in [3.05, 3.63) is 23.8 Å². The van der Waals surface area contributed by atoms with E-state index < -0.39 is 5.97 Å². The predicted molar refractivity (Wildman–Crippen MR) is 104 cm³/mol. The molecule has 1 aliphatic heterocycles. The molecule has 6 nitrogen and oxygen atoms in total. The quantitative estimate of drug-likeness (QED) is 0.704. The van der Waals surface area contributed by atoms with E-state index in [1.54, 1.807) is 18.2 Å². The Morgan fingerprint density at radius 2 is 1.96 bits per heavy atom. The highest BCUT2D eigenvalue weighted by molar-refractivity contribution is 5.96. The molecule has 2 N–H and O–H groups in total. The largest absolute Gasteiger partial charge is 0.489 e. The van der Waals surface area contributed by atoms with Crippen LogP contribution in [0.25, 0.3) is 0 Å². The minimum atomic E-state index is -0.443. The van der Waals surface area contributed by atoms with Crippen LogP contribution in [0.5, 0.6) is 5.75 Å². The summed E-state index contributed by atoms with van der Waals surface area (Å²) in [5, 5.41) is 6.22. The van der Waals surface area contributed by atoms with Crippen LogP contribution < -0.4 is 15.4 Å². The van der Waals surface area contributed by atoms with E-state index in [0.29, 0.717) is 29.3 Å². The molecule has 2 rings (SSSR count). The minimum Gasteiger partial charge on any atom is -0.489 e. The fourth-order valence-electron chi connectivity index (χ4n) is 2.95. The molecule has 0 radical (unpaired) electrons. The molecule has 0 bridgehead atoms. The van der Waals surface area contributed by atoms with Gasteiger partial charge in [-0.1, -0.05) is 0 Å². The number of ether oxygens (including phenoxy) is 2. The van der Waals surface area contributed by atoms with Gasteiger partial charge in [-0.3, -0.25) is 4.79 Å². The Bertz CT molecular complexity index is 601. The maximum absolute atomic E-state index is 12.3. The molecule has 0 aliphatic carbocycles. The number of esters is 1. The summed E-state index contributed by atoms with van der Waals surface area (Å²) in [5.74, 6) is 0.646. The Morgan fingerprint density at radius 1 is 1.27 bits per heavy atom. The molecule has 1 heterocycles. The second-order valence-electron chi connectivity index (χ2n) is 6.65. The van der Waals surface area contributed by atoms with Crippen LogP contribution in [-0.4, -0.2) is 38.2 Å². The van der Waals surface area contributed by atoms with Gasteiger partial charge in [-0.2, -0.15) is 0 Å². The van der Waals surface area contributed by atoms with Crippen molar-refractivity contribution in [3.8, 4) is 5.75 Å². The highest BCUT2D eigenvalue weighted by atomic mass is 35.5. The lowest BCUT2D eigenvalue weighted by molar-refractivity contribution is -0.116. The lowest BCUT2D eigenvalue weighted by Crippen LogP contribution is -2.28. The van der Waals surface area contributed by atoms with Crippen molar-refractivity contribution in [2.75, 3.05) is 25.5 Å². The summed E-state index contributed by atoms with van der Waals surface area (Å²) < 4.78 is 10.5. The number of carbonyl (C=O) groups excluding carboxylic acids is 2. The Morgan fingerprint density at radius 3 is 2.58 bits per heavy atom. The van der Waals surface area contributed by atoms with Crippen LogP contribution in [0.2, 0.25) is 0 Å². The van der Waals surface area contributed by atoms with E-state index in [0.717, 1.165) is 32.4 Å². The molecule has 0 atom stereocenters. The van der Waals surface area contributed by atoms with E-state index in [2.05, 4.69) is 10.6 Å². The molecule has 1 aliphatic rings. The summed E-state index contributed by atoms with van der Waals surface area (Å²) in [6, 6.07) is 4.93. The highest BCUT2D eigenvalue weighted by Gasteiger charge is 2.17. The first kappa shape index (κ1) is 22.3. The summed E-state index contributed by atoms with van der Waals surface area (Å²) in [7, 11) is 1.33. The van der Waals surface area contributed by atoms with Crippen LogP contribution in [0, 0.1) is 5.92 Å². The molecule has 7 heteroatoms. The number of hydrogen-bond donors (Lipinski definition) is 2. The Hall–Kier alpha value is -1.79. The molecule has 0 unspecified atom stereocenters. The van der Waals surface area contributed by atoms with Crippen molar-refractivity contribution < 1.29 is 19.1 Å². The normalized spacial score (nSPS) is 14.5. The average molecular weight is 385 g/mol. The van der Waals surface area contributed by atoms with Crippen molar-refractivity contribution in [1.82, 2.24) is 5.32 Å². The summed E-state index contributed by atoms with van der Waals surface area (Å²) in [6.45, 7) is 5.88. The fourth-order valence-corrected chi connectivity index (χ4v) is 2.95. The first-order chi connectivity index (χ1) is 12.0. The van der Waals surface area contributed by atoms with Crippen molar-refractivity contribution in [3.63, 3.8) is 0 Å². The smallest absolute Gasteiger partial charge is 0.337 e. The molecule has 146 valence electrons. The van der Waals surface area contributed by atoms with E-state index in [4.69, 9.17) is 9.47 Å². The molecular formula is C19H29ClN2O4. The zero-order valence-electron chi connectivity index (χ0n) is 15.7. The third-order valence-electron chi connectivity index (χ3n) is 4.28. The molecule has 0 spiro atoms. The second-order valence-corrected chi connectivity index (χ2v) is 6.65. The van der Waals surface area contributed by atoms with Gasteiger partial charge in [0, 0.05) is 6.42 Å². The van der Waals surface area contributed by atoms with Gasteiger partial charge in [0.2, 0.25) is 5.91 Å². The number of piperidine rings is 1. The molecule has 0 aromatic heterocycles. The van der Waals surface area contributed by atoms with Gasteiger partial charge < -0.3 is 20.1 Å². The van der Waals surface area contributed by atoms with Gasteiger partial charge in [0.1, 0.15) is 5.75 Å². The number of benzene rings is 1. The van der Waals surface area contributed by atoms with Crippen LogP contribution in [0.15, 0.2) is 18.2 Å². The third-order valence-corrected chi connectivity index (χ3v) is 4.28. The van der Waals surface area contributed by atoms with Gasteiger partial charge in [0.05, 0.1) is 24.5 Å². The topological polar surface area (TPSA) is 76.7 Å². The Kier molecular flexibility index (Phi) is 9.44. The van der Waals surface area contributed by atoms with Crippen molar-refractivity contribution in [2.45, 2.75) is 45.6 Å². The molecule has 1 aromatic rings. The fraction of sp³-hybridized carbons (Fsp3) is 0.579. The van der Waals surface area contributed by atoms with E-state index in [-0.39, 0.29) is 24.4 Å². The van der Waals surface area contributed by atoms with Gasteiger partial charge in [0.15, 0.2) is 0 Å². The lowest BCUT2D eigenvalue weighted by atomic mass is 9.93. The lowest BCUT2D eigenvalue weighted by Gasteiger charge is -2.22. The van der Waals surface area contributed by atoms with Crippen molar-refractivity contribution in [2.24, 2.45) is 5.92 Å². The second kappa shape index (κ2) is 11.0. The van der Waals surface area contributed by atoms with Crippen LogP contribution in [-0.2, 0) is 9.53 Å². The van der Waals surface area contributed by atoms with Crippen LogP contribution in [0.3, 0.4) is 0 Å². The third kappa shape index (κ3) is 6.84. The van der Waals surface area contributed by atoms with Gasteiger partial charge in [-0.05, 0) is 70.3 Å². The van der Waals surface area contributed by atoms with E-state index in [1.165, 1.54) is 7.11 Å². The summed E-state index contributed by atoms with van der Waals surface area (Å²) in [6.07, 6.45) is 3.55. The van der Waals surface area contributed by atoms with Gasteiger partial charge in [0.25, 0.3) is 0 Å². The van der Waals surface area contributed by atoms with Crippen molar-refractivity contribution in [1.29, 1.82) is 0 Å². The van der Waals surface area contributed by atoms with Crippen molar-refractivity contribution >= 4 is 30.0 Å². The number of nitrogens with one attached hydrogen (secondary N) is 2. The number of methoxy groups -OCH3 is 1. The van der Waals surface area contributed by atoms with Gasteiger partial charge in [-0.25, -0.2) is 4.79 Å². The Labute approximate surface area is 161 Å². The minimum absolute atomic E-state index is 0. The number of anilines is 1. The van der Waals surface area contributed by atoms with Crippen LogP contribution in [0.4, 0.5) is 5.69 Å². The maximum Gasteiger partial charge on any atom is 0.337 e. The molecular weight excluding hydrogens is 356 g/mol. The first-order valence-electron chi connectivity index (χ1n) is 8.89. The molecule has 26 heavy (non-hydrogen) atoms. The number of carbonyl (C=O) groups is 2. The van der Waals surface area contributed by atoms with Gasteiger partial charge in [-0.15, -0.1) is 12.4 Å². The monoisotopic (exact) mass is 384 g/mol. The summed E-state index contributed by atoms with van der Waals surface area (Å²) in [4.78, 5) is 24.1. The number of hydrogen-bond acceptors (Lipinski definition) is 5. The molecule has 1 amide bonds. The highest BCUT2D eigenvalue weighted by Crippen LogP contribution is 2.28. The Balaban J connectivity index is 0.00000338. The number of rotatable bonds is 7. The molecule has 1 saturated heterocycles. The number of amides is 1. The standard InChI is InChI=1S/C19H28N2O4.ClH/c1-13(2)25-17-6-5-15(19(23)24-3)12-16(17)21-18(22)7-4-14-8-10-20-11-9-14;/h5-6,12-14,20H,4,7-11H2,1-3H3,(H,21,22);1H. The summed E-state index contributed by atoms with van der Waals surface area (Å²) >= 11 is 0. The average Bonchev–Trinajstić information content (AvgIpc) is 2.61. The van der Waals surface area contributed by atoms with E-state index >= 15 is 0 Å². The maximum atomic E-state index is 12.3. The first-order valence-corrected chi connectivity index (χ1v) is 8.89. The van der Waals surface area contributed by atoms with E-state index in [1.807, 2.05) is 13.8 Å². The number of halogens is 1. The predicted octanol–water partition coefficient (Wildman–Crippen LogP) is 3.40. The molecule has 1 fully saturated rings. The van der Waals surface area contributed by atoms with Crippen LogP contribution >= 0.6 is 12.4 Å².